The Morgan fingerprint density at radius 3 is 2.57 bits per heavy atom. The smallest absolute Gasteiger partial charge is 0.253 e. The number of hydrogen-bond donors (Lipinski definition) is 1. The van der Waals surface area contributed by atoms with Gasteiger partial charge in [-0.2, -0.15) is 5.10 Å². The van der Waals surface area contributed by atoms with E-state index in [-0.39, 0.29) is 17.8 Å². The number of amides is 1. The Morgan fingerprint density at radius 1 is 1.14 bits per heavy atom. The molecular formula is C21H20FN5O. The summed E-state index contributed by atoms with van der Waals surface area (Å²) >= 11 is 0. The van der Waals surface area contributed by atoms with Crippen molar-refractivity contribution in [1.82, 2.24) is 24.5 Å². The molecule has 0 fully saturated rings. The molecule has 7 heteroatoms. The number of pyridine rings is 1. The van der Waals surface area contributed by atoms with Gasteiger partial charge in [-0.1, -0.05) is 0 Å². The van der Waals surface area contributed by atoms with E-state index in [1.165, 1.54) is 12.1 Å². The first-order chi connectivity index (χ1) is 13.4. The van der Waals surface area contributed by atoms with Gasteiger partial charge in [-0.25, -0.2) is 9.37 Å². The predicted octanol–water partition coefficient (Wildman–Crippen LogP) is 3.67. The molecule has 4 rings (SSSR count). The molecule has 0 spiro atoms. The molecule has 0 aliphatic carbocycles. The van der Waals surface area contributed by atoms with Gasteiger partial charge in [-0.05, 0) is 50.2 Å². The minimum absolute atomic E-state index is 0.158. The summed E-state index contributed by atoms with van der Waals surface area (Å²) in [6, 6.07) is 9.55. The molecule has 0 unspecified atom stereocenters. The zero-order valence-corrected chi connectivity index (χ0v) is 15.8. The van der Waals surface area contributed by atoms with Crippen LogP contribution < -0.4 is 5.32 Å². The zero-order valence-electron chi connectivity index (χ0n) is 15.8. The topological polar surface area (TPSA) is 64.2 Å². The van der Waals surface area contributed by atoms with E-state index in [1.54, 1.807) is 45.7 Å². The van der Waals surface area contributed by atoms with E-state index in [0.717, 1.165) is 22.5 Å². The Hall–Kier alpha value is -3.48. The summed E-state index contributed by atoms with van der Waals surface area (Å²) < 4.78 is 16.7. The molecular weight excluding hydrogens is 357 g/mol. The number of halogens is 1. The van der Waals surface area contributed by atoms with Crippen LogP contribution in [0.4, 0.5) is 4.39 Å². The Bertz CT molecular complexity index is 1160. The molecule has 1 atom stereocenters. The number of carbonyl (C=O) groups excluding carboxylic acids is 1. The number of nitrogens with zero attached hydrogens (tertiary/aromatic N) is 4. The minimum Gasteiger partial charge on any atom is -0.345 e. The van der Waals surface area contributed by atoms with Gasteiger partial charge in [0, 0.05) is 36.3 Å². The standard InChI is InChI=1S/C21H20FN5O/c1-13(18-10-23-26(3)14(18)2)24-21(28)16-6-9-20-25-19(12-27(20)11-16)15-4-7-17(22)8-5-15/h4-13H,1-3H3,(H,24,28)/t13-/m1/s1. The predicted molar refractivity (Wildman–Crippen MR) is 104 cm³/mol. The zero-order chi connectivity index (χ0) is 19.8. The highest BCUT2D eigenvalue weighted by Gasteiger charge is 2.16. The van der Waals surface area contributed by atoms with Crippen molar-refractivity contribution in [3.05, 3.63) is 77.6 Å². The molecule has 0 saturated heterocycles. The summed E-state index contributed by atoms with van der Waals surface area (Å²) in [5.74, 6) is -0.459. The van der Waals surface area contributed by atoms with Crippen LogP contribution in [0.15, 0.2) is 55.0 Å². The molecule has 1 N–H and O–H groups in total. The molecule has 142 valence electrons. The van der Waals surface area contributed by atoms with Crippen molar-refractivity contribution in [2.45, 2.75) is 19.9 Å². The highest BCUT2D eigenvalue weighted by molar-refractivity contribution is 5.94. The van der Waals surface area contributed by atoms with Gasteiger partial charge in [0.05, 0.1) is 23.5 Å². The van der Waals surface area contributed by atoms with Crippen LogP contribution in [0.3, 0.4) is 0 Å². The van der Waals surface area contributed by atoms with Crippen molar-refractivity contribution in [1.29, 1.82) is 0 Å². The van der Waals surface area contributed by atoms with Gasteiger partial charge in [0.2, 0.25) is 0 Å². The van der Waals surface area contributed by atoms with Crippen molar-refractivity contribution in [3.8, 4) is 11.3 Å². The number of aryl methyl sites for hydroxylation is 1. The van der Waals surface area contributed by atoms with E-state index in [2.05, 4.69) is 15.4 Å². The quantitative estimate of drug-likeness (QED) is 0.590. The third kappa shape index (κ3) is 3.26. The maximum absolute atomic E-state index is 13.1. The molecule has 0 aliphatic heterocycles. The molecule has 1 amide bonds. The van der Waals surface area contributed by atoms with Crippen LogP contribution >= 0.6 is 0 Å². The maximum Gasteiger partial charge on any atom is 0.253 e. The molecule has 3 aromatic heterocycles. The van der Waals surface area contributed by atoms with Gasteiger partial charge in [-0.15, -0.1) is 0 Å². The van der Waals surface area contributed by atoms with Crippen molar-refractivity contribution >= 4 is 11.6 Å². The van der Waals surface area contributed by atoms with Crippen LogP contribution in [0.2, 0.25) is 0 Å². The van der Waals surface area contributed by atoms with E-state index >= 15 is 0 Å². The lowest BCUT2D eigenvalue weighted by Crippen LogP contribution is -2.27. The summed E-state index contributed by atoms with van der Waals surface area (Å²) in [4.78, 5) is 17.2. The summed E-state index contributed by atoms with van der Waals surface area (Å²) in [7, 11) is 1.87. The van der Waals surface area contributed by atoms with Crippen LogP contribution in [0, 0.1) is 12.7 Å². The minimum atomic E-state index is -0.288. The van der Waals surface area contributed by atoms with Crippen LogP contribution in [0.5, 0.6) is 0 Å². The highest BCUT2D eigenvalue weighted by Crippen LogP contribution is 2.21. The molecule has 0 aliphatic rings. The Labute approximate surface area is 161 Å². The first-order valence-corrected chi connectivity index (χ1v) is 8.96. The molecule has 0 radical (unpaired) electrons. The van der Waals surface area contributed by atoms with Gasteiger partial charge in [0.1, 0.15) is 11.5 Å². The highest BCUT2D eigenvalue weighted by atomic mass is 19.1. The molecule has 6 nitrogen and oxygen atoms in total. The fourth-order valence-corrected chi connectivity index (χ4v) is 3.18. The molecule has 28 heavy (non-hydrogen) atoms. The Morgan fingerprint density at radius 2 is 1.89 bits per heavy atom. The Kier molecular flexibility index (Phi) is 4.43. The SMILES string of the molecule is Cc1c([C@@H](C)NC(=O)c2ccc3nc(-c4ccc(F)cc4)cn3c2)cnn1C. The van der Waals surface area contributed by atoms with E-state index in [0.29, 0.717) is 11.2 Å². The van der Waals surface area contributed by atoms with Crippen molar-refractivity contribution in [2.24, 2.45) is 7.05 Å². The average Bonchev–Trinajstić information content (AvgIpc) is 3.25. The fourth-order valence-electron chi connectivity index (χ4n) is 3.18. The lowest BCUT2D eigenvalue weighted by atomic mass is 10.1. The van der Waals surface area contributed by atoms with Crippen LogP contribution in [0.25, 0.3) is 16.9 Å². The van der Waals surface area contributed by atoms with Gasteiger partial charge < -0.3 is 9.72 Å². The number of aromatic nitrogens is 4. The summed E-state index contributed by atoms with van der Waals surface area (Å²) in [6.45, 7) is 3.91. The first-order valence-electron chi connectivity index (χ1n) is 8.96. The molecule has 0 bridgehead atoms. The Balaban J connectivity index is 1.57. The van der Waals surface area contributed by atoms with E-state index in [9.17, 15) is 9.18 Å². The number of fused-ring (bicyclic) bond motifs is 1. The normalized spacial score (nSPS) is 12.3. The van der Waals surface area contributed by atoms with Gasteiger partial charge >= 0.3 is 0 Å². The summed E-state index contributed by atoms with van der Waals surface area (Å²) in [5.41, 5.74) is 4.78. The molecule has 1 aromatic carbocycles. The number of hydrogen-bond acceptors (Lipinski definition) is 3. The summed E-state index contributed by atoms with van der Waals surface area (Å²) in [6.07, 6.45) is 5.34. The summed E-state index contributed by atoms with van der Waals surface area (Å²) in [5, 5.41) is 7.23. The van der Waals surface area contributed by atoms with Crippen LogP contribution in [-0.2, 0) is 7.05 Å². The van der Waals surface area contributed by atoms with Gasteiger partial charge in [0.25, 0.3) is 5.91 Å². The number of rotatable bonds is 4. The van der Waals surface area contributed by atoms with Crippen LogP contribution in [-0.4, -0.2) is 25.1 Å². The van der Waals surface area contributed by atoms with Crippen LogP contribution in [0.1, 0.15) is 34.6 Å². The van der Waals surface area contributed by atoms with E-state index in [1.807, 2.05) is 27.1 Å². The number of nitrogens with one attached hydrogen (secondary N) is 1. The number of benzene rings is 1. The third-order valence-corrected chi connectivity index (χ3v) is 4.94. The largest absolute Gasteiger partial charge is 0.345 e. The van der Waals surface area contributed by atoms with Gasteiger partial charge in [-0.3, -0.25) is 9.48 Å². The van der Waals surface area contributed by atoms with Crippen molar-refractivity contribution in [3.63, 3.8) is 0 Å². The monoisotopic (exact) mass is 377 g/mol. The molecule has 0 saturated carbocycles. The third-order valence-electron chi connectivity index (χ3n) is 4.94. The molecule has 3 heterocycles. The molecule has 4 aromatic rings. The fraction of sp³-hybridized carbons (Fsp3) is 0.190. The van der Waals surface area contributed by atoms with Gasteiger partial charge in [0.15, 0.2) is 0 Å². The van der Waals surface area contributed by atoms with Crippen molar-refractivity contribution < 1.29 is 9.18 Å². The average molecular weight is 377 g/mol. The number of imidazole rings is 1. The second kappa shape index (κ2) is 6.92. The maximum atomic E-state index is 13.1. The lowest BCUT2D eigenvalue weighted by molar-refractivity contribution is 0.0939. The second-order valence-corrected chi connectivity index (χ2v) is 6.82. The van der Waals surface area contributed by atoms with Crippen molar-refractivity contribution in [2.75, 3.05) is 0 Å². The number of carbonyl (C=O) groups is 1. The van der Waals surface area contributed by atoms with E-state index < -0.39 is 0 Å². The van der Waals surface area contributed by atoms with E-state index in [4.69, 9.17) is 0 Å². The first kappa shape index (κ1) is 17.9. The second-order valence-electron chi connectivity index (χ2n) is 6.82. The lowest BCUT2D eigenvalue weighted by Gasteiger charge is -2.14.